The molecule has 1 N–H and O–H groups in total. The molecule has 31 heavy (non-hydrogen) atoms. The highest BCUT2D eigenvalue weighted by Crippen LogP contribution is 2.49. The van der Waals surface area contributed by atoms with E-state index in [1.54, 1.807) is 48.5 Å². The Balaban J connectivity index is 1.71. The minimum absolute atomic E-state index is 0.250. The molecule has 0 amide bonds. The predicted octanol–water partition coefficient (Wildman–Crippen LogP) is 5.54. The van der Waals surface area contributed by atoms with Gasteiger partial charge in [-0.15, -0.1) is 0 Å². The molecule has 1 unspecified atom stereocenters. The molecule has 0 aliphatic carbocycles. The van der Waals surface area contributed by atoms with Crippen molar-refractivity contribution in [2.24, 2.45) is 0 Å². The van der Waals surface area contributed by atoms with Crippen LogP contribution in [0.2, 0.25) is 0 Å². The molecule has 0 bridgehead atoms. The molecule has 0 spiro atoms. The van der Waals surface area contributed by atoms with Crippen LogP contribution < -0.4 is 9.83 Å². The third-order valence-electron chi connectivity index (χ3n) is 4.99. The SMILES string of the molecule is O=P(OCC(O)(c1ccccc1)c1ccccc1)(Oc1ccccc1)c1ccccc1. The van der Waals surface area contributed by atoms with Gasteiger partial charge in [-0.1, -0.05) is 97.1 Å². The zero-order valence-corrected chi connectivity index (χ0v) is 17.8. The van der Waals surface area contributed by atoms with Crippen molar-refractivity contribution in [1.82, 2.24) is 0 Å². The summed E-state index contributed by atoms with van der Waals surface area (Å²) in [6.07, 6.45) is 0. The van der Waals surface area contributed by atoms with Crippen molar-refractivity contribution in [2.45, 2.75) is 5.60 Å². The Bertz CT molecular complexity index is 1090. The average molecular weight is 430 g/mol. The van der Waals surface area contributed by atoms with Gasteiger partial charge >= 0.3 is 7.60 Å². The van der Waals surface area contributed by atoms with Gasteiger partial charge in [0.05, 0.1) is 11.9 Å². The first-order valence-electron chi connectivity index (χ1n) is 9.98. The molecule has 0 aliphatic heterocycles. The Hall–Kier alpha value is -3.17. The quantitative estimate of drug-likeness (QED) is 0.373. The second kappa shape index (κ2) is 9.32. The number of hydrogen-bond donors (Lipinski definition) is 1. The molecular weight excluding hydrogens is 407 g/mol. The number of hydrogen-bond acceptors (Lipinski definition) is 4. The first-order valence-corrected chi connectivity index (χ1v) is 11.5. The summed E-state index contributed by atoms with van der Waals surface area (Å²) in [6.45, 7) is -0.250. The highest BCUT2D eigenvalue weighted by molar-refractivity contribution is 7.62. The van der Waals surface area contributed by atoms with Crippen LogP contribution in [0.5, 0.6) is 5.75 Å². The van der Waals surface area contributed by atoms with Crippen LogP contribution in [0.15, 0.2) is 121 Å². The Morgan fingerprint density at radius 3 is 1.55 bits per heavy atom. The fourth-order valence-corrected chi connectivity index (χ4v) is 4.92. The lowest BCUT2D eigenvalue weighted by atomic mass is 9.87. The van der Waals surface area contributed by atoms with Crippen LogP contribution in [0.25, 0.3) is 0 Å². The molecule has 4 aromatic carbocycles. The summed E-state index contributed by atoms with van der Waals surface area (Å²) < 4.78 is 25.8. The molecule has 0 aliphatic rings. The first kappa shape index (κ1) is 21.1. The lowest BCUT2D eigenvalue weighted by Gasteiger charge is -2.31. The number of aliphatic hydroxyl groups is 1. The van der Waals surface area contributed by atoms with Gasteiger partial charge in [-0.05, 0) is 35.4 Å². The fourth-order valence-electron chi connectivity index (χ4n) is 3.32. The molecule has 1 atom stereocenters. The van der Waals surface area contributed by atoms with Gasteiger partial charge in [0.15, 0.2) is 0 Å². The van der Waals surface area contributed by atoms with Gasteiger partial charge in [0.25, 0.3) is 0 Å². The Labute approximate surface area is 182 Å². The first-order chi connectivity index (χ1) is 15.1. The summed E-state index contributed by atoms with van der Waals surface area (Å²) in [7, 11) is -3.79. The van der Waals surface area contributed by atoms with Crippen LogP contribution in [0.4, 0.5) is 0 Å². The highest BCUT2D eigenvalue weighted by atomic mass is 31.2. The van der Waals surface area contributed by atoms with Gasteiger partial charge in [0.2, 0.25) is 0 Å². The topological polar surface area (TPSA) is 55.8 Å². The Kier molecular flexibility index (Phi) is 6.34. The van der Waals surface area contributed by atoms with Crippen molar-refractivity contribution in [3.63, 3.8) is 0 Å². The minimum atomic E-state index is -3.79. The summed E-state index contributed by atoms with van der Waals surface area (Å²) in [5, 5.41) is 12.1. The maximum Gasteiger partial charge on any atom is 0.410 e. The van der Waals surface area contributed by atoms with Crippen molar-refractivity contribution in [3.8, 4) is 5.75 Å². The van der Waals surface area contributed by atoms with E-state index in [1.807, 2.05) is 72.8 Å². The molecule has 0 saturated heterocycles. The van der Waals surface area contributed by atoms with Gasteiger partial charge in [0, 0.05) is 0 Å². The smallest absolute Gasteiger partial charge is 0.410 e. The molecule has 0 fully saturated rings. The zero-order chi connectivity index (χ0) is 21.6. The molecule has 5 heteroatoms. The monoisotopic (exact) mass is 430 g/mol. The molecule has 0 saturated carbocycles. The van der Waals surface area contributed by atoms with E-state index in [-0.39, 0.29) is 6.61 Å². The normalized spacial score (nSPS) is 13.3. The lowest BCUT2D eigenvalue weighted by molar-refractivity contribution is 0.0252. The maximum absolute atomic E-state index is 13.9. The van der Waals surface area contributed by atoms with Gasteiger partial charge in [-0.25, -0.2) is 4.57 Å². The standard InChI is InChI=1S/C26H23O4P/c27-26(22-13-5-1-6-14-22,23-15-7-2-8-16-23)21-29-31(28,25-19-11-4-12-20-25)30-24-17-9-3-10-18-24/h1-20,27H,21H2. The number of para-hydroxylation sites is 1. The number of benzene rings is 4. The summed E-state index contributed by atoms with van der Waals surface area (Å²) in [5.41, 5.74) is -0.228. The van der Waals surface area contributed by atoms with Crippen molar-refractivity contribution in [3.05, 3.63) is 132 Å². The van der Waals surface area contributed by atoms with Crippen LogP contribution in [0, 0.1) is 0 Å². The Morgan fingerprint density at radius 2 is 1.06 bits per heavy atom. The van der Waals surface area contributed by atoms with Crippen molar-refractivity contribution in [1.29, 1.82) is 0 Å². The molecule has 4 nitrogen and oxygen atoms in total. The second-order valence-electron chi connectivity index (χ2n) is 7.10. The van der Waals surface area contributed by atoms with E-state index in [0.717, 1.165) is 0 Å². The summed E-state index contributed by atoms with van der Waals surface area (Å²) >= 11 is 0. The van der Waals surface area contributed by atoms with Gasteiger partial charge < -0.3 is 9.63 Å². The van der Waals surface area contributed by atoms with E-state index in [2.05, 4.69) is 0 Å². The molecular formula is C26H23O4P. The zero-order valence-electron chi connectivity index (χ0n) is 16.9. The molecule has 4 aromatic rings. The summed E-state index contributed by atoms with van der Waals surface area (Å²) in [6, 6.07) is 36.1. The van der Waals surface area contributed by atoms with Gasteiger partial charge in [-0.2, -0.15) is 0 Å². The maximum atomic E-state index is 13.9. The van der Waals surface area contributed by atoms with Crippen molar-refractivity contribution in [2.75, 3.05) is 6.61 Å². The van der Waals surface area contributed by atoms with E-state index in [4.69, 9.17) is 9.05 Å². The molecule has 156 valence electrons. The van der Waals surface area contributed by atoms with Gasteiger partial charge in [0.1, 0.15) is 11.4 Å². The van der Waals surface area contributed by atoms with Crippen LogP contribution >= 0.6 is 7.60 Å². The van der Waals surface area contributed by atoms with Crippen molar-refractivity contribution < 1.29 is 18.7 Å². The second-order valence-corrected chi connectivity index (χ2v) is 9.06. The Morgan fingerprint density at radius 1 is 0.645 bits per heavy atom. The van der Waals surface area contributed by atoms with Crippen LogP contribution in [0.3, 0.4) is 0 Å². The summed E-state index contributed by atoms with van der Waals surface area (Å²) in [4.78, 5) is 0. The molecule has 0 heterocycles. The van der Waals surface area contributed by atoms with E-state index in [9.17, 15) is 9.67 Å². The van der Waals surface area contributed by atoms with Crippen LogP contribution in [0.1, 0.15) is 11.1 Å². The molecule has 4 rings (SSSR count). The van der Waals surface area contributed by atoms with E-state index >= 15 is 0 Å². The van der Waals surface area contributed by atoms with Gasteiger partial charge in [-0.3, -0.25) is 4.52 Å². The predicted molar refractivity (Wildman–Crippen MR) is 123 cm³/mol. The van der Waals surface area contributed by atoms with E-state index < -0.39 is 13.2 Å². The van der Waals surface area contributed by atoms with Crippen LogP contribution in [-0.4, -0.2) is 11.7 Å². The lowest BCUT2D eigenvalue weighted by Crippen LogP contribution is -2.33. The minimum Gasteiger partial charge on any atom is -0.421 e. The van der Waals surface area contributed by atoms with E-state index in [1.165, 1.54) is 0 Å². The third kappa shape index (κ3) is 4.78. The fraction of sp³-hybridized carbons (Fsp3) is 0.0769. The molecule has 0 radical (unpaired) electrons. The summed E-state index contributed by atoms with van der Waals surface area (Å²) in [5.74, 6) is 0.428. The largest absolute Gasteiger partial charge is 0.421 e. The average Bonchev–Trinajstić information content (AvgIpc) is 2.85. The van der Waals surface area contributed by atoms with Crippen molar-refractivity contribution >= 4 is 12.9 Å². The van der Waals surface area contributed by atoms with Crippen LogP contribution in [-0.2, 0) is 14.7 Å². The highest BCUT2D eigenvalue weighted by Gasteiger charge is 2.38. The third-order valence-corrected chi connectivity index (χ3v) is 6.84. The molecule has 0 aromatic heterocycles. The number of rotatable bonds is 8. The van der Waals surface area contributed by atoms with E-state index in [0.29, 0.717) is 22.2 Å².